The predicted molar refractivity (Wildman–Crippen MR) is 174 cm³/mol. The average Bonchev–Trinajstić information content (AvgIpc) is 3.72. The zero-order valence-corrected chi connectivity index (χ0v) is 28.0. The van der Waals surface area contributed by atoms with Crippen molar-refractivity contribution in [1.29, 1.82) is 5.41 Å². The summed E-state index contributed by atoms with van der Waals surface area (Å²) < 4.78 is 0. The van der Waals surface area contributed by atoms with Crippen LogP contribution in [0.3, 0.4) is 0 Å². The first-order valence-electron chi connectivity index (χ1n) is 14.6. The van der Waals surface area contributed by atoms with Crippen LogP contribution in [-0.2, 0) is 20.8 Å². The summed E-state index contributed by atoms with van der Waals surface area (Å²) in [6.45, 7) is 17.8. The molecule has 238 valence electrons. The number of Topliss-reactive ketones (excluding diaryl/α,β-unsaturated/α-hetero) is 1. The molecule has 0 aromatic heterocycles. The molecule has 9 nitrogen and oxygen atoms in total. The predicted octanol–water partition coefficient (Wildman–Crippen LogP) is 6.39. The standard InChI is InChI=1S/C13H24N2O2.C10H15N.C7H12N2.C2H4O.CH2O/c1-8(13(3,4)5)12(14)15-7-10(17)6-11(15)9(2)16;1-4-9-6-5-7-10(8-9)11(2)3;1-3-7(9-8-2)6-4-5-6;1-2-3;1-2/h8,10-11,14,17H,6-7H2,1-5H3;5-8H,4H2,1-3H3;3,6H,4-5H2,1-2H3;2H,1H3;1H2/b;;7-3-,9-8?;;/t8-,10?,11+;;;;/m1..../s1. The van der Waals surface area contributed by atoms with E-state index in [-0.39, 0.29) is 23.2 Å². The molecule has 1 aromatic carbocycles. The van der Waals surface area contributed by atoms with E-state index in [1.165, 1.54) is 37.9 Å². The second-order valence-corrected chi connectivity index (χ2v) is 11.6. The van der Waals surface area contributed by atoms with Crippen molar-refractivity contribution in [3.8, 4) is 0 Å². The summed E-state index contributed by atoms with van der Waals surface area (Å²) >= 11 is 0. The van der Waals surface area contributed by atoms with Gasteiger partial charge >= 0.3 is 0 Å². The third kappa shape index (κ3) is 15.7. The number of anilines is 1. The Morgan fingerprint density at radius 1 is 1.24 bits per heavy atom. The van der Waals surface area contributed by atoms with E-state index >= 15 is 0 Å². The van der Waals surface area contributed by atoms with Crippen LogP contribution in [0.2, 0.25) is 0 Å². The molecule has 2 aliphatic rings. The van der Waals surface area contributed by atoms with E-state index < -0.39 is 6.10 Å². The fourth-order valence-electron chi connectivity index (χ4n) is 4.05. The van der Waals surface area contributed by atoms with E-state index in [1.807, 2.05) is 26.7 Å². The van der Waals surface area contributed by atoms with Crippen LogP contribution in [0.5, 0.6) is 0 Å². The van der Waals surface area contributed by atoms with E-state index in [0.29, 0.717) is 18.8 Å². The molecule has 1 aromatic rings. The molecule has 1 aliphatic heterocycles. The maximum Gasteiger partial charge on any atom is 0.152 e. The largest absolute Gasteiger partial charge is 0.391 e. The normalized spacial score (nSPS) is 18.5. The van der Waals surface area contributed by atoms with Crippen molar-refractivity contribution in [3.05, 3.63) is 41.6 Å². The lowest BCUT2D eigenvalue weighted by Crippen LogP contribution is -2.45. The van der Waals surface area contributed by atoms with Crippen molar-refractivity contribution >= 4 is 30.4 Å². The number of rotatable bonds is 6. The third-order valence-electron chi connectivity index (χ3n) is 7.11. The minimum Gasteiger partial charge on any atom is -0.391 e. The highest BCUT2D eigenvalue weighted by atomic mass is 16.3. The Labute approximate surface area is 255 Å². The van der Waals surface area contributed by atoms with Gasteiger partial charge in [0.05, 0.1) is 23.7 Å². The molecule has 1 saturated heterocycles. The Bertz CT molecular complexity index is 996. The van der Waals surface area contributed by atoms with Crippen LogP contribution in [0.15, 0.2) is 46.3 Å². The van der Waals surface area contributed by atoms with Crippen LogP contribution in [0.1, 0.15) is 80.2 Å². The minimum atomic E-state index is -0.489. The van der Waals surface area contributed by atoms with Crippen molar-refractivity contribution in [3.63, 3.8) is 0 Å². The Morgan fingerprint density at radius 2 is 1.79 bits per heavy atom. The molecule has 42 heavy (non-hydrogen) atoms. The lowest BCUT2D eigenvalue weighted by molar-refractivity contribution is -0.120. The number of ketones is 1. The lowest BCUT2D eigenvalue weighted by Gasteiger charge is -2.35. The Morgan fingerprint density at radius 3 is 2.17 bits per heavy atom. The van der Waals surface area contributed by atoms with Crippen LogP contribution in [-0.4, -0.2) is 74.5 Å². The van der Waals surface area contributed by atoms with Crippen molar-refractivity contribution in [1.82, 2.24) is 4.90 Å². The van der Waals surface area contributed by atoms with Gasteiger partial charge in [-0.25, -0.2) is 0 Å². The number of nitrogens with zero attached hydrogens (tertiary/aromatic N) is 4. The van der Waals surface area contributed by atoms with Gasteiger partial charge in [0.2, 0.25) is 0 Å². The molecular formula is C33H57N5O4. The van der Waals surface area contributed by atoms with Gasteiger partial charge in [-0.2, -0.15) is 10.2 Å². The van der Waals surface area contributed by atoms with Crippen LogP contribution >= 0.6 is 0 Å². The number of amidine groups is 1. The van der Waals surface area contributed by atoms with Gasteiger partial charge in [-0.3, -0.25) is 10.2 Å². The lowest BCUT2D eigenvalue weighted by atomic mass is 9.81. The molecule has 0 amide bonds. The first-order chi connectivity index (χ1) is 19.7. The van der Waals surface area contributed by atoms with Crippen LogP contribution in [0.4, 0.5) is 5.69 Å². The number of nitrogens with one attached hydrogen (secondary N) is 1. The van der Waals surface area contributed by atoms with Crippen molar-refractivity contribution in [2.24, 2.45) is 27.5 Å². The monoisotopic (exact) mass is 587 g/mol. The number of aldehydes is 1. The molecular weight excluding hydrogens is 530 g/mol. The summed E-state index contributed by atoms with van der Waals surface area (Å²) in [6, 6.07) is 8.29. The summed E-state index contributed by atoms with van der Waals surface area (Å²) in [5.74, 6) is 1.30. The maximum absolute atomic E-state index is 11.5. The molecule has 3 atom stereocenters. The van der Waals surface area contributed by atoms with E-state index in [9.17, 15) is 9.90 Å². The van der Waals surface area contributed by atoms with Crippen LogP contribution in [0, 0.1) is 22.7 Å². The molecule has 0 bridgehead atoms. The van der Waals surface area contributed by atoms with Gasteiger partial charge in [0.1, 0.15) is 13.1 Å². The van der Waals surface area contributed by atoms with E-state index in [1.54, 1.807) is 11.9 Å². The van der Waals surface area contributed by atoms with Gasteiger partial charge in [-0.05, 0) is 63.1 Å². The summed E-state index contributed by atoms with van der Waals surface area (Å²) in [5, 5.41) is 25.6. The third-order valence-corrected chi connectivity index (χ3v) is 7.11. The molecule has 1 heterocycles. The first kappa shape index (κ1) is 40.9. The molecule has 9 heteroatoms. The Kier molecular flexibility index (Phi) is 21.0. The molecule has 0 radical (unpaired) electrons. The number of likely N-dealkylation sites (tertiary alicyclic amines) is 1. The fraction of sp³-hybridized carbons (Fsp3) is 0.636. The molecule has 3 rings (SSSR count). The van der Waals surface area contributed by atoms with Gasteiger partial charge in [0.25, 0.3) is 0 Å². The highest BCUT2D eigenvalue weighted by molar-refractivity contribution is 5.90. The number of hydrogen-bond donors (Lipinski definition) is 2. The molecule has 1 unspecified atom stereocenters. The van der Waals surface area contributed by atoms with Crippen LogP contribution < -0.4 is 4.90 Å². The average molecular weight is 588 g/mol. The molecule has 1 aliphatic carbocycles. The van der Waals surface area contributed by atoms with E-state index in [4.69, 9.17) is 15.0 Å². The zero-order chi connectivity index (χ0) is 33.0. The summed E-state index contributed by atoms with van der Waals surface area (Å²) in [7, 11) is 5.84. The molecule has 2 fully saturated rings. The zero-order valence-electron chi connectivity index (χ0n) is 28.0. The molecule has 1 saturated carbocycles. The number of aliphatic hydroxyl groups excluding tert-OH is 1. The maximum atomic E-state index is 11.5. The van der Waals surface area contributed by atoms with Crippen molar-refractivity contribution < 1.29 is 19.5 Å². The van der Waals surface area contributed by atoms with Crippen molar-refractivity contribution in [2.75, 3.05) is 32.6 Å². The quantitative estimate of drug-likeness (QED) is 0.172. The topological polar surface area (TPSA) is 126 Å². The summed E-state index contributed by atoms with van der Waals surface area (Å²) in [4.78, 5) is 32.2. The fourth-order valence-corrected chi connectivity index (χ4v) is 4.05. The number of azo groups is 1. The number of hydrogen-bond acceptors (Lipinski definition) is 8. The molecule has 0 spiro atoms. The van der Waals surface area contributed by atoms with Crippen molar-refractivity contribution in [2.45, 2.75) is 93.2 Å². The van der Waals surface area contributed by atoms with Gasteiger partial charge in [-0.15, -0.1) is 0 Å². The van der Waals surface area contributed by atoms with Gasteiger partial charge in [0, 0.05) is 51.6 Å². The number of carbonyl (C=O) groups excluding carboxylic acids is 3. The number of allylic oxidation sites excluding steroid dienone is 2. The second-order valence-electron chi connectivity index (χ2n) is 11.6. The number of aryl methyl sites for hydroxylation is 1. The Balaban J connectivity index is 0. The highest BCUT2D eigenvalue weighted by Gasteiger charge is 2.38. The molecule has 2 N–H and O–H groups in total. The number of benzene rings is 1. The smallest absolute Gasteiger partial charge is 0.152 e. The van der Waals surface area contributed by atoms with Gasteiger partial charge in [-0.1, -0.05) is 52.8 Å². The van der Waals surface area contributed by atoms with Gasteiger partial charge < -0.3 is 24.5 Å². The second kappa shape index (κ2) is 21.5. The SMILES string of the molecule is C/C=C(\N=NC)C1CC1.C=O.CC(=O)[C@@H]1CC(O)CN1C(=N)[C@@H](C)C(C)(C)C.CC=O.CCc1cccc(N(C)C)c1. The van der Waals surface area contributed by atoms with Gasteiger partial charge in [0.15, 0.2) is 5.78 Å². The first-order valence-corrected chi connectivity index (χ1v) is 14.6. The summed E-state index contributed by atoms with van der Waals surface area (Å²) in [6.07, 6.45) is 6.48. The summed E-state index contributed by atoms with van der Waals surface area (Å²) in [5.41, 5.74) is 3.84. The Hall–Kier alpha value is -3.20. The highest BCUT2D eigenvalue weighted by Crippen LogP contribution is 2.37. The van der Waals surface area contributed by atoms with Crippen LogP contribution in [0.25, 0.3) is 0 Å². The van der Waals surface area contributed by atoms with E-state index in [0.717, 1.165) is 24.3 Å². The number of β-amino-alcohol motifs (C(OH)–C–C–N with tert-alkyl or cyclic N) is 1. The minimum absolute atomic E-state index is 0.00797. The number of carbonyl (C=O) groups is 3. The van der Waals surface area contributed by atoms with E-state index in [2.05, 4.69) is 81.2 Å². The number of aliphatic hydroxyl groups is 1.